The monoisotopic (exact) mass is 321 g/mol. The van der Waals surface area contributed by atoms with Gasteiger partial charge >= 0.3 is 0 Å². The lowest BCUT2D eigenvalue weighted by Gasteiger charge is -2.13. The Labute approximate surface area is 141 Å². The van der Waals surface area contributed by atoms with E-state index < -0.39 is 0 Å². The summed E-state index contributed by atoms with van der Waals surface area (Å²) in [6, 6.07) is 13.9. The average molecular weight is 321 g/mol. The zero-order chi connectivity index (χ0) is 16.9. The van der Waals surface area contributed by atoms with E-state index in [9.17, 15) is 5.26 Å². The third kappa shape index (κ3) is 3.07. The second kappa shape index (κ2) is 7.10. The molecular weight excluding hydrogens is 302 g/mol. The van der Waals surface area contributed by atoms with Crippen molar-refractivity contribution in [3.05, 3.63) is 59.2 Å². The summed E-state index contributed by atoms with van der Waals surface area (Å²) in [7, 11) is 1.62. The van der Waals surface area contributed by atoms with Gasteiger partial charge in [0, 0.05) is 12.5 Å². The van der Waals surface area contributed by atoms with Crippen LogP contribution in [0.25, 0.3) is 5.57 Å². The van der Waals surface area contributed by atoms with Crippen molar-refractivity contribution in [1.29, 1.82) is 5.26 Å². The minimum absolute atomic E-state index is 0.549. The van der Waals surface area contributed by atoms with Gasteiger partial charge in [0.05, 0.1) is 26.4 Å². The lowest BCUT2D eigenvalue weighted by atomic mass is 9.95. The summed E-state index contributed by atoms with van der Waals surface area (Å²) in [6.45, 7) is 3.19. The van der Waals surface area contributed by atoms with Crippen LogP contribution in [0, 0.1) is 11.3 Å². The average Bonchev–Trinajstić information content (AvgIpc) is 3.07. The summed E-state index contributed by atoms with van der Waals surface area (Å²) in [5.41, 5.74) is 3.94. The standard InChI is InChI=1S/C20H19NO3/c1-3-23-20-13-15(5-7-19(20)22-2)17(8-10-21)14-4-6-18-16(12-14)9-11-24-18/h4-8,12-13H,3,9,11H2,1-2H3/b17-8-. The first-order valence-electron chi connectivity index (χ1n) is 7.94. The second-order valence-electron chi connectivity index (χ2n) is 5.41. The minimum atomic E-state index is 0.549. The lowest BCUT2D eigenvalue weighted by Crippen LogP contribution is -1.97. The highest BCUT2D eigenvalue weighted by Gasteiger charge is 2.15. The van der Waals surface area contributed by atoms with Crippen LogP contribution in [0.2, 0.25) is 0 Å². The molecule has 0 saturated carbocycles. The molecule has 2 aromatic carbocycles. The molecule has 4 nitrogen and oxygen atoms in total. The number of hydrogen-bond donors (Lipinski definition) is 0. The molecule has 0 unspecified atom stereocenters. The number of benzene rings is 2. The van der Waals surface area contributed by atoms with E-state index in [1.807, 2.05) is 37.3 Å². The molecule has 0 fully saturated rings. The van der Waals surface area contributed by atoms with E-state index in [1.54, 1.807) is 13.2 Å². The molecule has 1 aliphatic rings. The van der Waals surface area contributed by atoms with Crippen molar-refractivity contribution in [2.45, 2.75) is 13.3 Å². The van der Waals surface area contributed by atoms with E-state index in [0.29, 0.717) is 24.7 Å². The van der Waals surface area contributed by atoms with Gasteiger partial charge in [-0.05, 0) is 53.5 Å². The molecule has 4 heteroatoms. The molecule has 0 amide bonds. The van der Waals surface area contributed by atoms with Gasteiger partial charge in [-0.3, -0.25) is 0 Å². The summed E-state index contributed by atoms with van der Waals surface area (Å²) in [4.78, 5) is 0. The van der Waals surface area contributed by atoms with Gasteiger partial charge in [-0.25, -0.2) is 0 Å². The van der Waals surface area contributed by atoms with Crippen LogP contribution in [0.4, 0.5) is 0 Å². The number of ether oxygens (including phenoxy) is 3. The van der Waals surface area contributed by atoms with Crippen LogP contribution < -0.4 is 14.2 Å². The number of fused-ring (bicyclic) bond motifs is 1. The van der Waals surface area contributed by atoms with E-state index >= 15 is 0 Å². The Balaban J connectivity index is 2.05. The fourth-order valence-corrected chi connectivity index (χ4v) is 2.86. The highest BCUT2D eigenvalue weighted by molar-refractivity contribution is 5.82. The SMILES string of the molecule is CCOc1cc(/C(=C\C#N)c2ccc3c(c2)CCO3)ccc1OC. The third-order valence-corrected chi connectivity index (χ3v) is 3.98. The lowest BCUT2D eigenvalue weighted by molar-refractivity contribution is 0.311. The van der Waals surface area contributed by atoms with Gasteiger partial charge in [0.25, 0.3) is 0 Å². The number of nitriles is 1. The van der Waals surface area contributed by atoms with Crippen LogP contribution in [0.5, 0.6) is 17.2 Å². The van der Waals surface area contributed by atoms with Gasteiger partial charge in [0.15, 0.2) is 11.5 Å². The van der Waals surface area contributed by atoms with Crippen molar-refractivity contribution in [1.82, 2.24) is 0 Å². The van der Waals surface area contributed by atoms with Crippen LogP contribution in [-0.4, -0.2) is 20.3 Å². The van der Waals surface area contributed by atoms with E-state index in [0.717, 1.165) is 28.9 Å². The Morgan fingerprint density at radius 1 is 1.21 bits per heavy atom. The molecule has 0 bridgehead atoms. The van der Waals surface area contributed by atoms with Gasteiger partial charge in [0.2, 0.25) is 0 Å². The van der Waals surface area contributed by atoms with Crippen LogP contribution in [0.15, 0.2) is 42.5 Å². The highest BCUT2D eigenvalue weighted by atomic mass is 16.5. The number of nitrogens with zero attached hydrogens (tertiary/aromatic N) is 1. The van der Waals surface area contributed by atoms with Crippen molar-refractivity contribution in [2.75, 3.05) is 20.3 Å². The van der Waals surface area contributed by atoms with Crippen molar-refractivity contribution < 1.29 is 14.2 Å². The minimum Gasteiger partial charge on any atom is -0.493 e. The van der Waals surface area contributed by atoms with Crippen LogP contribution in [0.3, 0.4) is 0 Å². The summed E-state index contributed by atoms with van der Waals surface area (Å²) in [6.07, 6.45) is 2.46. The zero-order valence-corrected chi connectivity index (χ0v) is 13.8. The van der Waals surface area contributed by atoms with Gasteiger partial charge in [-0.15, -0.1) is 0 Å². The van der Waals surface area contributed by atoms with Gasteiger partial charge in [-0.1, -0.05) is 12.1 Å². The van der Waals surface area contributed by atoms with Gasteiger partial charge < -0.3 is 14.2 Å². The molecule has 1 aliphatic heterocycles. The molecule has 3 rings (SSSR count). The summed E-state index contributed by atoms with van der Waals surface area (Å²) in [5, 5.41) is 9.22. The molecule has 0 radical (unpaired) electrons. The first-order valence-corrected chi connectivity index (χ1v) is 7.94. The molecule has 0 aromatic heterocycles. The predicted molar refractivity (Wildman–Crippen MR) is 92.5 cm³/mol. The molecule has 122 valence electrons. The summed E-state index contributed by atoms with van der Waals surface area (Å²) in [5.74, 6) is 2.28. The van der Waals surface area contributed by atoms with Gasteiger partial charge in [-0.2, -0.15) is 5.26 Å². The fourth-order valence-electron chi connectivity index (χ4n) is 2.86. The van der Waals surface area contributed by atoms with E-state index in [2.05, 4.69) is 12.1 Å². The Bertz CT molecular complexity index is 818. The Morgan fingerprint density at radius 3 is 2.75 bits per heavy atom. The maximum absolute atomic E-state index is 9.22. The van der Waals surface area contributed by atoms with Gasteiger partial charge in [0.1, 0.15) is 5.75 Å². The molecule has 24 heavy (non-hydrogen) atoms. The number of hydrogen-bond acceptors (Lipinski definition) is 4. The first-order chi connectivity index (χ1) is 11.8. The maximum Gasteiger partial charge on any atom is 0.161 e. The quantitative estimate of drug-likeness (QED) is 0.782. The molecule has 0 saturated heterocycles. The van der Waals surface area contributed by atoms with Crippen molar-refractivity contribution in [3.63, 3.8) is 0 Å². The Hall–Kier alpha value is -2.93. The van der Waals surface area contributed by atoms with Crippen molar-refractivity contribution in [3.8, 4) is 23.3 Å². The summed E-state index contributed by atoms with van der Waals surface area (Å²) >= 11 is 0. The molecule has 2 aromatic rings. The highest BCUT2D eigenvalue weighted by Crippen LogP contribution is 2.35. The predicted octanol–water partition coefficient (Wildman–Crippen LogP) is 3.98. The molecule has 0 N–H and O–H groups in total. The van der Waals surface area contributed by atoms with Crippen LogP contribution in [-0.2, 0) is 6.42 Å². The smallest absolute Gasteiger partial charge is 0.161 e. The molecule has 1 heterocycles. The van der Waals surface area contributed by atoms with E-state index in [4.69, 9.17) is 14.2 Å². The van der Waals surface area contributed by atoms with E-state index in [1.165, 1.54) is 5.56 Å². The van der Waals surface area contributed by atoms with E-state index in [-0.39, 0.29) is 0 Å². The number of allylic oxidation sites excluding steroid dienone is 1. The second-order valence-corrected chi connectivity index (χ2v) is 5.41. The Morgan fingerprint density at radius 2 is 2.00 bits per heavy atom. The topological polar surface area (TPSA) is 51.5 Å². The number of rotatable bonds is 5. The van der Waals surface area contributed by atoms with Crippen LogP contribution in [0.1, 0.15) is 23.6 Å². The van der Waals surface area contributed by atoms with Crippen molar-refractivity contribution >= 4 is 5.57 Å². The first kappa shape index (κ1) is 15.9. The zero-order valence-electron chi connectivity index (χ0n) is 13.8. The van der Waals surface area contributed by atoms with Crippen molar-refractivity contribution in [2.24, 2.45) is 0 Å². The molecule has 0 atom stereocenters. The number of methoxy groups -OCH3 is 1. The molecular formula is C20H19NO3. The third-order valence-electron chi connectivity index (χ3n) is 3.98. The normalized spacial score (nSPS) is 13.0. The fraction of sp³-hybridized carbons (Fsp3) is 0.250. The Kier molecular flexibility index (Phi) is 4.72. The van der Waals surface area contributed by atoms with Crippen LogP contribution >= 0.6 is 0 Å². The largest absolute Gasteiger partial charge is 0.493 e. The summed E-state index contributed by atoms with van der Waals surface area (Å²) < 4.78 is 16.5. The molecule has 0 aliphatic carbocycles. The molecule has 0 spiro atoms. The maximum atomic E-state index is 9.22.